The number of hydrogen-bond donors (Lipinski definition) is 1. The lowest BCUT2D eigenvalue weighted by molar-refractivity contribution is -0.257. The van der Waals surface area contributed by atoms with Gasteiger partial charge in [-0.25, -0.2) is 9.79 Å². The number of carbonyl (C=O) groups is 3. The van der Waals surface area contributed by atoms with E-state index in [1.165, 1.54) is 37.4 Å². The number of unbranched alkanes of at least 4 members (excludes halogenated alkanes) is 3. The van der Waals surface area contributed by atoms with E-state index in [-0.39, 0.29) is 18.7 Å². The van der Waals surface area contributed by atoms with Gasteiger partial charge in [-0.1, -0.05) is 26.2 Å². The highest BCUT2D eigenvalue weighted by molar-refractivity contribution is 6.10. The first-order chi connectivity index (χ1) is 19.5. The average Bonchev–Trinajstić information content (AvgIpc) is 3.36. The standard InChI is InChI=1S/C31H39N3O7/c1-5-6-7-8-21-39-25-13-9-23(10-14-25)29(36)40-26-15-11-24(12-16-26)34(30(37)38)20-19-33-27(34)17-18-32-22-28(35)41-31(2,3)4/h9-16,19-20,32H,5-8,17-18,21-22H2,1-4H3. The maximum absolute atomic E-state index is 12.7. The number of nitrogens with zero attached hydrogens (tertiary/aromatic N) is 2. The highest BCUT2D eigenvalue weighted by Crippen LogP contribution is 2.31. The number of carboxylic acid groups (broad SMARTS) is 1. The van der Waals surface area contributed by atoms with Crippen molar-refractivity contribution >= 4 is 29.6 Å². The number of ether oxygens (including phenoxy) is 3. The van der Waals surface area contributed by atoms with Crippen LogP contribution in [0.25, 0.3) is 0 Å². The summed E-state index contributed by atoms with van der Waals surface area (Å²) in [6.07, 6.45) is 6.13. The van der Waals surface area contributed by atoms with Crippen LogP contribution in [0, 0.1) is 0 Å². The van der Waals surface area contributed by atoms with Crippen molar-refractivity contribution in [2.45, 2.75) is 65.4 Å². The van der Waals surface area contributed by atoms with E-state index < -0.39 is 28.1 Å². The first kappa shape index (κ1) is 31.5. The summed E-state index contributed by atoms with van der Waals surface area (Å²) in [4.78, 5) is 41.2. The van der Waals surface area contributed by atoms with E-state index in [4.69, 9.17) is 14.2 Å². The summed E-state index contributed by atoms with van der Waals surface area (Å²) in [6, 6.07) is 12.9. The molecule has 0 fully saturated rings. The van der Waals surface area contributed by atoms with Crippen LogP contribution >= 0.6 is 0 Å². The van der Waals surface area contributed by atoms with Crippen molar-refractivity contribution in [1.82, 2.24) is 9.80 Å². The van der Waals surface area contributed by atoms with Gasteiger partial charge < -0.3 is 29.4 Å². The number of aliphatic imine (C=N–C) groups is 1. The van der Waals surface area contributed by atoms with Crippen molar-refractivity contribution in [3.63, 3.8) is 0 Å². The third-order valence-electron chi connectivity index (χ3n) is 6.23. The number of nitrogens with one attached hydrogen (secondary N) is 1. The van der Waals surface area contributed by atoms with Crippen molar-refractivity contribution in [2.75, 3.05) is 19.7 Å². The van der Waals surface area contributed by atoms with Gasteiger partial charge in [0.1, 0.15) is 29.0 Å². The van der Waals surface area contributed by atoms with E-state index in [0.29, 0.717) is 36.0 Å². The summed E-state index contributed by atoms with van der Waals surface area (Å²) < 4.78 is 15.7. The van der Waals surface area contributed by atoms with Gasteiger partial charge in [-0.15, -0.1) is 0 Å². The molecule has 10 heteroatoms. The lowest BCUT2D eigenvalue weighted by Crippen LogP contribution is -2.59. The minimum Gasteiger partial charge on any atom is -0.497 e. The molecule has 3 rings (SSSR count). The molecule has 1 N–H and O–H groups in total. The number of amidine groups is 1. The number of amides is 1. The third-order valence-corrected chi connectivity index (χ3v) is 6.23. The first-order valence-electron chi connectivity index (χ1n) is 13.9. The molecule has 0 bridgehead atoms. The van der Waals surface area contributed by atoms with Crippen molar-refractivity contribution in [2.24, 2.45) is 4.99 Å². The maximum atomic E-state index is 12.7. The predicted octanol–water partition coefficient (Wildman–Crippen LogP) is 4.72. The maximum Gasteiger partial charge on any atom is 0.343 e. The zero-order chi connectivity index (χ0) is 29.9. The second-order valence-electron chi connectivity index (χ2n) is 10.7. The van der Waals surface area contributed by atoms with Gasteiger partial charge in [-0.05, 0) is 63.6 Å². The van der Waals surface area contributed by atoms with Crippen LogP contribution in [0.1, 0.15) is 70.2 Å². The second kappa shape index (κ2) is 14.6. The summed E-state index contributed by atoms with van der Waals surface area (Å²) in [7, 11) is 0. The molecular formula is C31H39N3O7. The third kappa shape index (κ3) is 8.99. The quantitative estimate of drug-likeness (QED) is 0.151. The molecule has 1 aliphatic heterocycles. The molecule has 1 heterocycles. The Morgan fingerprint density at radius 3 is 2.27 bits per heavy atom. The Hall–Kier alpha value is -4.02. The lowest BCUT2D eigenvalue weighted by atomic mass is 10.2. The minimum atomic E-state index is -1.39. The molecule has 2 aromatic rings. The van der Waals surface area contributed by atoms with Gasteiger partial charge >= 0.3 is 11.9 Å². The largest absolute Gasteiger partial charge is 0.497 e. The Labute approximate surface area is 241 Å². The van der Waals surface area contributed by atoms with Crippen LogP contribution < -0.4 is 24.4 Å². The Morgan fingerprint density at radius 1 is 0.951 bits per heavy atom. The Kier molecular flexibility index (Phi) is 11.2. The number of quaternary nitrogens is 1. The van der Waals surface area contributed by atoms with Crippen LogP contribution in [-0.2, 0) is 9.53 Å². The fraction of sp³-hybridized carbons (Fsp3) is 0.419. The molecule has 1 amide bonds. The molecule has 2 aromatic carbocycles. The number of carbonyl (C=O) groups excluding carboxylic acids is 3. The van der Waals surface area contributed by atoms with E-state index in [0.717, 1.165) is 12.8 Å². The van der Waals surface area contributed by atoms with Crippen molar-refractivity contribution in [1.29, 1.82) is 0 Å². The predicted molar refractivity (Wildman–Crippen MR) is 155 cm³/mol. The zero-order valence-corrected chi connectivity index (χ0v) is 24.2. The fourth-order valence-electron chi connectivity index (χ4n) is 4.23. The molecule has 0 aliphatic carbocycles. The smallest absolute Gasteiger partial charge is 0.343 e. The molecule has 41 heavy (non-hydrogen) atoms. The van der Waals surface area contributed by atoms with Crippen molar-refractivity contribution < 1.29 is 33.7 Å². The van der Waals surface area contributed by atoms with Gasteiger partial charge in [0, 0.05) is 18.7 Å². The van der Waals surface area contributed by atoms with Crippen molar-refractivity contribution in [3.8, 4) is 11.5 Å². The van der Waals surface area contributed by atoms with E-state index >= 15 is 0 Å². The monoisotopic (exact) mass is 565 g/mol. The molecule has 10 nitrogen and oxygen atoms in total. The molecule has 220 valence electrons. The average molecular weight is 566 g/mol. The minimum absolute atomic E-state index is 0.0157. The molecule has 0 radical (unpaired) electrons. The highest BCUT2D eigenvalue weighted by Gasteiger charge is 2.40. The normalized spacial score (nSPS) is 16.2. The molecule has 0 saturated carbocycles. The molecular weight excluding hydrogens is 526 g/mol. The number of benzene rings is 2. The van der Waals surface area contributed by atoms with Crippen LogP contribution in [0.2, 0.25) is 0 Å². The van der Waals surface area contributed by atoms with E-state index in [1.54, 1.807) is 57.2 Å². The van der Waals surface area contributed by atoms with Crippen LogP contribution in [-0.4, -0.2) is 49.2 Å². The summed E-state index contributed by atoms with van der Waals surface area (Å²) >= 11 is 0. The molecule has 1 atom stereocenters. The van der Waals surface area contributed by atoms with Gasteiger partial charge in [0.25, 0.3) is 6.09 Å². The van der Waals surface area contributed by atoms with E-state index in [2.05, 4.69) is 17.2 Å². The summed E-state index contributed by atoms with van der Waals surface area (Å²) in [5.41, 5.74) is 0.123. The Bertz CT molecular complexity index is 1250. The first-order valence-corrected chi connectivity index (χ1v) is 13.9. The van der Waals surface area contributed by atoms with Gasteiger partial charge in [0.15, 0.2) is 0 Å². The Morgan fingerprint density at radius 2 is 1.63 bits per heavy atom. The van der Waals surface area contributed by atoms with Crippen molar-refractivity contribution in [3.05, 3.63) is 66.5 Å². The molecule has 1 unspecified atom stereocenters. The van der Waals surface area contributed by atoms with E-state index in [9.17, 15) is 19.5 Å². The molecule has 0 saturated heterocycles. The second-order valence-corrected chi connectivity index (χ2v) is 10.7. The summed E-state index contributed by atoms with van der Waals surface area (Å²) in [6.45, 7) is 8.42. The zero-order valence-electron chi connectivity index (χ0n) is 24.2. The summed E-state index contributed by atoms with van der Waals surface area (Å²) in [5.74, 6) is 0.299. The van der Waals surface area contributed by atoms with Crippen LogP contribution in [0.4, 0.5) is 10.5 Å². The topological polar surface area (TPSA) is 126 Å². The van der Waals surface area contributed by atoms with Gasteiger partial charge in [-0.3, -0.25) is 4.79 Å². The van der Waals surface area contributed by atoms with Crippen LogP contribution in [0.5, 0.6) is 11.5 Å². The molecule has 0 spiro atoms. The van der Waals surface area contributed by atoms with Gasteiger partial charge in [0.2, 0.25) is 5.84 Å². The van der Waals surface area contributed by atoms with Crippen LogP contribution in [0.15, 0.2) is 65.9 Å². The number of hydrogen-bond acceptors (Lipinski definition) is 9. The van der Waals surface area contributed by atoms with Gasteiger partial charge in [-0.2, -0.15) is 4.48 Å². The van der Waals surface area contributed by atoms with Crippen LogP contribution in [0.3, 0.4) is 0 Å². The molecule has 0 aromatic heterocycles. The van der Waals surface area contributed by atoms with E-state index in [1.807, 2.05) is 0 Å². The number of rotatable bonds is 14. The molecule has 1 aliphatic rings. The highest BCUT2D eigenvalue weighted by atomic mass is 16.6. The summed E-state index contributed by atoms with van der Waals surface area (Å²) in [5, 5.41) is 15.3. The SMILES string of the molecule is CCCCCCOc1ccc(C(=O)Oc2ccc([N+]3(C(=O)[O-])C=CN=C3CCNCC(=O)OC(C)(C)C)cc2)cc1. The lowest BCUT2D eigenvalue weighted by Gasteiger charge is -2.31. The fourth-order valence-corrected chi connectivity index (χ4v) is 4.23. The number of esters is 2. The Balaban J connectivity index is 1.58. The van der Waals surface area contributed by atoms with Gasteiger partial charge in [0.05, 0.1) is 31.3 Å².